The molecule has 0 aromatic heterocycles. The molecule has 0 spiro atoms. The summed E-state index contributed by atoms with van der Waals surface area (Å²) < 4.78 is 16.0. The van der Waals surface area contributed by atoms with Crippen LogP contribution in [0, 0.1) is 6.92 Å². The SMILES string of the molecule is CCOC(=O)CCCOc1ccc(Cl)cc1C.c1ccc(Oc2ccccc2)cc1. The Morgan fingerprint density at radius 3 is 2.03 bits per heavy atom. The highest BCUT2D eigenvalue weighted by Gasteiger charge is 2.03. The Labute approximate surface area is 183 Å². The van der Waals surface area contributed by atoms with Gasteiger partial charge in [-0.2, -0.15) is 0 Å². The molecule has 0 atom stereocenters. The van der Waals surface area contributed by atoms with Gasteiger partial charge in [0.2, 0.25) is 0 Å². The maximum Gasteiger partial charge on any atom is 0.305 e. The van der Waals surface area contributed by atoms with Gasteiger partial charge in [-0.1, -0.05) is 48.0 Å². The highest BCUT2D eigenvalue weighted by molar-refractivity contribution is 6.30. The number of para-hydroxylation sites is 2. The van der Waals surface area contributed by atoms with Crippen molar-refractivity contribution in [2.75, 3.05) is 13.2 Å². The van der Waals surface area contributed by atoms with Crippen molar-refractivity contribution in [1.29, 1.82) is 0 Å². The molecule has 0 heterocycles. The number of ether oxygens (including phenoxy) is 3. The van der Waals surface area contributed by atoms with E-state index < -0.39 is 0 Å². The maximum atomic E-state index is 11.1. The second-order valence-electron chi connectivity index (χ2n) is 6.40. The smallest absolute Gasteiger partial charge is 0.305 e. The molecule has 0 aliphatic rings. The van der Waals surface area contributed by atoms with Gasteiger partial charge in [0.1, 0.15) is 17.2 Å². The first-order valence-corrected chi connectivity index (χ1v) is 10.3. The van der Waals surface area contributed by atoms with Crippen molar-refractivity contribution >= 4 is 17.6 Å². The Morgan fingerprint density at radius 2 is 1.50 bits per heavy atom. The highest BCUT2D eigenvalue weighted by atomic mass is 35.5. The number of aryl methyl sites for hydroxylation is 1. The average Bonchev–Trinajstić information content (AvgIpc) is 2.75. The van der Waals surface area contributed by atoms with E-state index in [1.807, 2.05) is 79.7 Å². The molecule has 5 heteroatoms. The largest absolute Gasteiger partial charge is 0.493 e. The normalized spacial score (nSPS) is 9.83. The summed E-state index contributed by atoms with van der Waals surface area (Å²) in [4.78, 5) is 11.1. The van der Waals surface area contributed by atoms with Crippen LogP contribution in [-0.4, -0.2) is 19.2 Å². The van der Waals surface area contributed by atoms with Crippen LogP contribution in [0.5, 0.6) is 17.2 Å². The van der Waals surface area contributed by atoms with E-state index >= 15 is 0 Å². The van der Waals surface area contributed by atoms with E-state index in [0.717, 1.165) is 22.8 Å². The van der Waals surface area contributed by atoms with Gasteiger partial charge < -0.3 is 14.2 Å². The van der Waals surface area contributed by atoms with Crippen LogP contribution in [0.2, 0.25) is 5.02 Å². The quantitative estimate of drug-likeness (QED) is 0.292. The summed E-state index contributed by atoms with van der Waals surface area (Å²) >= 11 is 5.84. The van der Waals surface area contributed by atoms with Crippen LogP contribution in [0.25, 0.3) is 0 Å². The molecule has 3 rings (SSSR count). The molecule has 0 bridgehead atoms. The number of benzene rings is 3. The second-order valence-corrected chi connectivity index (χ2v) is 6.83. The lowest BCUT2D eigenvalue weighted by molar-refractivity contribution is -0.143. The van der Waals surface area contributed by atoms with Crippen LogP contribution in [-0.2, 0) is 9.53 Å². The fourth-order valence-electron chi connectivity index (χ4n) is 2.52. The van der Waals surface area contributed by atoms with Gasteiger partial charge in [0.05, 0.1) is 13.2 Å². The fraction of sp³-hybridized carbons (Fsp3) is 0.240. The van der Waals surface area contributed by atoms with Crippen LogP contribution < -0.4 is 9.47 Å². The van der Waals surface area contributed by atoms with E-state index in [9.17, 15) is 4.79 Å². The molecule has 30 heavy (non-hydrogen) atoms. The third-order valence-electron chi connectivity index (χ3n) is 3.95. The lowest BCUT2D eigenvalue weighted by atomic mass is 10.2. The van der Waals surface area contributed by atoms with Crippen molar-refractivity contribution in [3.8, 4) is 17.2 Å². The molecule has 3 aromatic rings. The second kappa shape index (κ2) is 13.3. The zero-order chi connectivity index (χ0) is 21.6. The van der Waals surface area contributed by atoms with Gasteiger partial charge in [-0.15, -0.1) is 0 Å². The molecule has 4 nitrogen and oxygen atoms in total. The Morgan fingerprint density at radius 1 is 0.900 bits per heavy atom. The minimum absolute atomic E-state index is 0.177. The monoisotopic (exact) mass is 426 g/mol. The summed E-state index contributed by atoms with van der Waals surface area (Å²) in [6, 6.07) is 25.0. The summed E-state index contributed by atoms with van der Waals surface area (Å²) in [5, 5.41) is 0.696. The lowest BCUT2D eigenvalue weighted by Gasteiger charge is -2.08. The third kappa shape index (κ3) is 9.01. The molecule has 0 radical (unpaired) electrons. The summed E-state index contributed by atoms with van der Waals surface area (Å²) in [5.74, 6) is 2.37. The van der Waals surface area contributed by atoms with Crippen molar-refractivity contribution in [2.45, 2.75) is 26.7 Å². The molecule has 0 saturated heterocycles. The molecule has 158 valence electrons. The summed E-state index contributed by atoms with van der Waals surface area (Å²) in [7, 11) is 0. The zero-order valence-corrected chi connectivity index (χ0v) is 18.1. The molecule has 0 saturated carbocycles. The van der Waals surface area contributed by atoms with Gasteiger partial charge in [0.15, 0.2) is 0 Å². The van der Waals surface area contributed by atoms with Gasteiger partial charge in [-0.25, -0.2) is 0 Å². The first-order chi connectivity index (χ1) is 14.6. The van der Waals surface area contributed by atoms with Gasteiger partial charge in [0.25, 0.3) is 0 Å². The third-order valence-corrected chi connectivity index (χ3v) is 4.18. The van der Waals surface area contributed by atoms with Crippen molar-refractivity contribution in [3.05, 3.63) is 89.4 Å². The van der Waals surface area contributed by atoms with E-state index in [1.165, 1.54) is 0 Å². The van der Waals surface area contributed by atoms with Crippen LogP contribution in [0.15, 0.2) is 78.9 Å². The van der Waals surface area contributed by atoms with E-state index in [1.54, 1.807) is 13.0 Å². The zero-order valence-electron chi connectivity index (χ0n) is 17.3. The predicted octanol–water partition coefficient (Wildman–Crippen LogP) is 6.85. The molecular weight excluding hydrogens is 400 g/mol. The Bertz CT molecular complexity index is 845. The topological polar surface area (TPSA) is 44.8 Å². The number of carbonyl (C=O) groups is 1. The van der Waals surface area contributed by atoms with Crippen LogP contribution >= 0.6 is 11.6 Å². The molecular formula is C25H27ClO4. The van der Waals surface area contributed by atoms with E-state index in [0.29, 0.717) is 31.1 Å². The summed E-state index contributed by atoms with van der Waals surface area (Å²) in [6.45, 7) is 4.66. The lowest BCUT2D eigenvalue weighted by Crippen LogP contribution is -2.07. The highest BCUT2D eigenvalue weighted by Crippen LogP contribution is 2.22. The molecule has 0 aliphatic heterocycles. The van der Waals surface area contributed by atoms with Crippen LogP contribution in [0.4, 0.5) is 0 Å². The van der Waals surface area contributed by atoms with Gasteiger partial charge in [-0.05, 0) is 68.3 Å². The van der Waals surface area contributed by atoms with Crippen molar-refractivity contribution < 1.29 is 19.0 Å². The number of hydrogen-bond donors (Lipinski definition) is 0. The van der Waals surface area contributed by atoms with Crippen LogP contribution in [0.1, 0.15) is 25.3 Å². The van der Waals surface area contributed by atoms with Crippen LogP contribution in [0.3, 0.4) is 0 Å². The molecule has 0 N–H and O–H groups in total. The molecule has 0 fully saturated rings. The number of hydrogen-bond acceptors (Lipinski definition) is 4. The van der Waals surface area contributed by atoms with Gasteiger partial charge in [0, 0.05) is 11.4 Å². The predicted molar refractivity (Wildman–Crippen MR) is 121 cm³/mol. The first kappa shape index (κ1) is 23.3. The first-order valence-electron chi connectivity index (χ1n) is 9.91. The average molecular weight is 427 g/mol. The molecule has 3 aromatic carbocycles. The number of esters is 1. The molecule has 0 amide bonds. The van der Waals surface area contributed by atoms with E-state index in [4.69, 9.17) is 25.8 Å². The number of halogens is 1. The molecule has 0 unspecified atom stereocenters. The minimum atomic E-state index is -0.177. The fourth-order valence-corrected chi connectivity index (χ4v) is 2.75. The van der Waals surface area contributed by atoms with Gasteiger partial charge in [-0.3, -0.25) is 4.79 Å². The number of carbonyl (C=O) groups excluding carboxylic acids is 1. The molecule has 0 aliphatic carbocycles. The minimum Gasteiger partial charge on any atom is -0.493 e. The van der Waals surface area contributed by atoms with Crippen molar-refractivity contribution in [1.82, 2.24) is 0 Å². The van der Waals surface area contributed by atoms with E-state index in [-0.39, 0.29) is 5.97 Å². The van der Waals surface area contributed by atoms with Crippen molar-refractivity contribution in [2.24, 2.45) is 0 Å². The standard InChI is InChI=1S/C13H17ClO3.C12H10O/c1-3-16-13(15)5-4-8-17-12-7-6-11(14)9-10(12)2;1-3-7-11(8-4-1)13-12-9-5-2-6-10-12/h6-7,9H,3-5,8H2,1-2H3;1-10H. The maximum absolute atomic E-state index is 11.1. The summed E-state index contributed by atoms with van der Waals surface area (Å²) in [6.07, 6.45) is 1.04. The van der Waals surface area contributed by atoms with Gasteiger partial charge >= 0.3 is 5.97 Å². The number of rotatable bonds is 8. The Balaban J connectivity index is 0.000000220. The van der Waals surface area contributed by atoms with Crippen molar-refractivity contribution in [3.63, 3.8) is 0 Å². The summed E-state index contributed by atoms with van der Waals surface area (Å²) in [5.41, 5.74) is 0.994. The Hall–Kier alpha value is -2.98. The van der Waals surface area contributed by atoms with E-state index in [2.05, 4.69) is 0 Å². The Kier molecular flexibility index (Phi) is 10.3.